The van der Waals surface area contributed by atoms with Gasteiger partial charge in [-0.2, -0.15) is 0 Å². The molecule has 4 heteroatoms. The lowest BCUT2D eigenvalue weighted by Gasteiger charge is -2.25. The molecule has 2 atom stereocenters. The van der Waals surface area contributed by atoms with Crippen LogP contribution in [0.5, 0.6) is 0 Å². The van der Waals surface area contributed by atoms with Gasteiger partial charge < -0.3 is 14.3 Å². The van der Waals surface area contributed by atoms with Gasteiger partial charge in [0.2, 0.25) is 5.91 Å². The van der Waals surface area contributed by atoms with Crippen LogP contribution in [0.2, 0.25) is 0 Å². The van der Waals surface area contributed by atoms with E-state index in [0.717, 1.165) is 35.9 Å². The molecule has 5 rings (SSSR count). The van der Waals surface area contributed by atoms with Gasteiger partial charge in [0.1, 0.15) is 11.5 Å². The van der Waals surface area contributed by atoms with E-state index in [1.165, 1.54) is 22.9 Å². The number of rotatable bonds is 4. The number of benzene rings is 1. The van der Waals surface area contributed by atoms with E-state index in [2.05, 4.69) is 42.4 Å². The molecule has 3 aromatic rings. The molecule has 1 aromatic carbocycles. The first kappa shape index (κ1) is 17.1. The van der Waals surface area contributed by atoms with Crippen molar-refractivity contribution < 1.29 is 9.21 Å². The van der Waals surface area contributed by atoms with Gasteiger partial charge in [0, 0.05) is 47.7 Å². The quantitative estimate of drug-likeness (QED) is 0.639. The van der Waals surface area contributed by atoms with Crippen molar-refractivity contribution in [2.24, 2.45) is 5.92 Å². The van der Waals surface area contributed by atoms with E-state index in [9.17, 15) is 4.79 Å². The minimum absolute atomic E-state index is 0.0342. The molecule has 1 fully saturated rings. The molecule has 1 aliphatic carbocycles. The van der Waals surface area contributed by atoms with Gasteiger partial charge in [-0.1, -0.05) is 31.2 Å². The number of carbonyl (C=O) groups is 1. The van der Waals surface area contributed by atoms with E-state index in [1.807, 2.05) is 23.1 Å². The number of nitrogens with one attached hydrogen (secondary N) is 1. The fraction of sp³-hybridized carbons (Fsp3) is 0.292. The van der Waals surface area contributed by atoms with Gasteiger partial charge in [-0.15, -0.1) is 0 Å². The first-order valence-electron chi connectivity index (χ1n) is 10.0. The number of nitrogens with zero attached hydrogens (tertiary/aromatic N) is 1. The summed E-state index contributed by atoms with van der Waals surface area (Å²) in [6.45, 7) is 3.61. The Hall–Kier alpha value is -3.01. The van der Waals surface area contributed by atoms with Crippen LogP contribution in [0, 0.1) is 5.92 Å². The third kappa shape index (κ3) is 3.19. The van der Waals surface area contributed by atoms with Crippen LogP contribution < -0.4 is 0 Å². The van der Waals surface area contributed by atoms with Crippen LogP contribution in [0.4, 0.5) is 0 Å². The first-order chi connectivity index (χ1) is 13.7. The van der Waals surface area contributed by atoms with E-state index >= 15 is 0 Å². The monoisotopic (exact) mass is 372 g/mol. The smallest absolute Gasteiger partial charge is 0.246 e. The van der Waals surface area contributed by atoms with Gasteiger partial charge >= 0.3 is 0 Å². The predicted molar refractivity (Wildman–Crippen MR) is 112 cm³/mol. The van der Waals surface area contributed by atoms with Crippen LogP contribution in [0.25, 0.3) is 22.6 Å². The highest BCUT2D eigenvalue weighted by Crippen LogP contribution is 2.47. The zero-order valence-electron chi connectivity index (χ0n) is 16.0. The molecule has 1 amide bonds. The predicted octanol–water partition coefficient (Wildman–Crippen LogP) is 5.21. The zero-order valence-corrected chi connectivity index (χ0v) is 16.0. The second-order valence-electron chi connectivity index (χ2n) is 7.90. The Labute approximate surface area is 164 Å². The van der Waals surface area contributed by atoms with Crippen LogP contribution in [-0.4, -0.2) is 28.9 Å². The Morgan fingerprint density at radius 3 is 2.89 bits per heavy atom. The Bertz CT molecular complexity index is 1080. The molecule has 0 saturated heterocycles. The van der Waals surface area contributed by atoms with Crippen LogP contribution in [-0.2, 0) is 4.79 Å². The minimum Gasteiger partial charge on any atom is -0.461 e. The van der Waals surface area contributed by atoms with E-state index in [0.29, 0.717) is 12.5 Å². The maximum atomic E-state index is 12.5. The number of H-pyrrole nitrogens is 1. The Morgan fingerprint density at radius 1 is 1.25 bits per heavy atom. The fourth-order valence-corrected chi connectivity index (χ4v) is 4.09. The number of aromatic nitrogens is 1. The summed E-state index contributed by atoms with van der Waals surface area (Å²) in [5.41, 5.74) is 3.70. The Balaban J connectivity index is 1.24. The molecule has 1 aliphatic heterocycles. The highest BCUT2D eigenvalue weighted by atomic mass is 16.3. The molecule has 3 heterocycles. The van der Waals surface area contributed by atoms with E-state index in [-0.39, 0.29) is 5.91 Å². The zero-order chi connectivity index (χ0) is 19.1. The maximum absolute atomic E-state index is 12.5. The molecule has 2 unspecified atom stereocenters. The normalized spacial score (nSPS) is 22.0. The molecule has 1 N–H and O–H groups in total. The number of amides is 1. The highest BCUT2D eigenvalue weighted by molar-refractivity contribution is 5.94. The lowest BCUT2D eigenvalue weighted by Crippen LogP contribution is -2.33. The molecule has 0 spiro atoms. The highest BCUT2D eigenvalue weighted by Gasteiger charge is 2.36. The van der Waals surface area contributed by atoms with Crippen molar-refractivity contribution in [2.45, 2.75) is 25.7 Å². The van der Waals surface area contributed by atoms with E-state index < -0.39 is 0 Å². The van der Waals surface area contributed by atoms with Gasteiger partial charge in [0.05, 0.1) is 0 Å². The molecule has 0 bridgehead atoms. The summed E-state index contributed by atoms with van der Waals surface area (Å²) in [6.07, 6.45) is 9.73. The average Bonchev–Trinajstić information content (AvgIpc) is 3.12. The van der Waals surface area contributed by atoms with Crippen molar-refractivity contribution in [2.75, 3.05) is 13.1 Å². The number of fused-ring (bicyclic) bond motifs is 1. The SMILES string of the molecule is CC1CC1c1ccc(/C=C/C(=O)N2CC=C(c3c[nH]c4ccccc34)CC2)o1. The summed E-state index contributed by atoms with van der Waals surface area (Å²) >= 11 is 0. The summed E-state index contributed by atoms with van der Waals surface area (Å²) in [5, 5.41) is 1.24. The lowest BCUT2D eigenvalue weighted by atomic mass is 9.99. The van der Waals surface area contributed by atoms with Gasteiger partial charge in [-0.05, 0) is 48.6 Å². The lowest BCUT2D eigenvalue weighted by molar-refractivity contribution is -0.125. The topological polar surface area (TPSA) is 49.2 Å². The summed E-state index contributed by atoms with van der Waals surface area (Å²) in [6, 6.07) is 12.3. The number of para-hydroxylation sites is 1. The van der Waals surface area contributed by atoms with Crippen molar-refractivity contribution in [3.8, 4) is 0 Å². The maximum Gasteiger partial charge on any atom is 0.246 e. The third-order valence-corrected chi connectivity index (χ3v) is 5.97. The molecule has 0 radical (unpaired) electrons. The summed E-state index contributed by atoms with van der Waals surface area (Å²) < 4.78 is 5.85. The van der Waals surface area contributed by atoms with E-state index in [1.54, 1.807) is 12.2 Å². The number of aromatic amines is 1. The standard InChI is InChI=1S/C24H24N2O2/c1-16-14-20(16)23-8-6-18(28-23)7-9-24(27)26-12-10-17(11-13-26)21-15-25-22-5-3-2-4-19(21)22/h2-10,15-16,20,25H,11-14H2,1H3/b9-7+. The molecule has 28 heavy (non-hydrogen) atoms. The molecule has 142 valence electrons. The van der Waals surface area contributed by atoms with Crippen molar-refractivity contribution in [3.63, 3.8) is 0 Å². The van der Waals surface area contributed by atoms with Crippen LogP contribution in [0.15, 0.2) is 59.2 Å². The molecular weight excluding hydrogens is 348 g/mol. The van der Waals surface area contributed by atoms with E-state index in [4.69, 9.17) is 4.42 Å². The van der Waals surface area contributed by atoms with Crippen molar-refractivity contribution in [1.29, 1.82) is 0 Å². The van der Waals surface area contributed by atoms with Gasteiger partial charge in [0.25, 0.3) is 0 Å². The minimum atomic E-state index is 0.0342. The van der Waals surface area contributed by atoms with Gasteiger partial charge in [-0.3, -0.25) is 4.79 Å². The number of carbonyl (C=O) groups excluding carboxylic acids is 1. The first-order valence-corrected chi connectivity index (χ1v) is 10.0. The summed E-state index contributed by atoms with van der Waals surface area (Å²) in [4.78, 5) is 17.8. The fourth-order valence-electron chi connectivity index (χ4n) is 4.09. The van der Waals surface area contributed by atoms with Gasteiger partial charge in [-0.25, -0.2) is 0 Å². The molecular formula is C24H24N2O2. The third-order valence-electron chi connectivity index (χ3n) is 5.97. The number of hydrogen-bond acceptors (Lipinski definition) is 2. The van der Waals surface area contributed by atoms with Crippen molar-refractivity contribution in [3.05, 3.63) is 71.8 Å². The summed E-state index contributed by atoms with van der Waals surface area (Å²) in [5.74, 6) is 3.12. The summed E-state index contributed by atoms with van der Waals surface area (Å²) in [7, 11) is 0. The number of furan rings is 1. The Kier molecular flexibility index (Phi) is 4.19. The Morgan fingerprint density at radius 2 is 2.11 bits per heavy atom. The van der Waals surface area contributed by atoms with Crippen molar-refractivity contribution >= 4 is 28.5 Å². The number of hydrogen-bond donors (Lipinski definition) is 1. The molecule has 1 saturated carbocycles. The molecule has 4 nitrogen and oxygen atoms in total. The second-order valence-corrected chi connectivity index (χ2v) is 7.90. The van der Waals surface area contributed by atoms with Crippen LogP contribution in [0.3, 0.4) is 0 Å². The average molecular weight is 372 g/mol. The van der Waals surface area contributed by atoms with Crippen LogP contribution in [0.1, 0.15) is 42.8 Å². The molecule has 2 aliphatic rings. The van der Waals surface area contributed by atoms with Gasteiger partial charge in [0.15, 0.2) is 0 Å². The second kappa shape index (κ2) is 6.86. The van der Waals surface area contributed by atoms with Crippen LogP contribution >= 0.6 is 0 Å². The van der Waals surface area contributed by atoms with Crippen molar-refractivity contribution in [1.82, 2.24) is 9.88 Å². The molecule has 2 aromatic heterocycles. The largest absolute Gasteiger partial charge is 0.461 e.